The molecular formula is C11H19N3OS. The van der Waals surface area contributed by atoms with Crippen molar-refractivity contribution in [3.63, 3.8) is 0 Å². The van der Waals surface area contributed by atoms with E-state index in [1.54, 1.807) is 11.8 Å². The Hall–Kier alpha value is -0.710. The van der Waals surface area contributed by atoms with Gasteiger partial charge in [0.2, 0.25) is 5.91 Å². The summed E-state index contributed by atoms with van der Waals surface area (Å²) in [4.78, 5) is 16.1. The van der Waals surface area contributed by atoms with Gasteiger partial charge in [0, 0.05) is 17.8 Å². The largest absolute Gasteiger partial charge is 0.359 e. The van der Waals surface area contributed by atoms with E-state index in [0.717, 1.165) is 36.7 Å². The van der Waals surface area contributed by atoms with Crippen molar-refractivity contribution in [2.75, 3.05) is 12.3 Å². The predicted octanol–water partition coefficient (Wildman–Crippen LogP) is 1.13. The molecule has 0 spiro atoms. The molecule has 0 aromatic carbocycles. The van der Waals surface area contributed by atoms with E-state index < -0.39 is 0 Å². The minimum absolute atomic E-state index is 0.0752. The molecule has 2 rings (SSSR count). The molecule has 0 bridgehead atoms. The van der Waals surface area contributed by atoms with E-state index in [2.05, 4.69) is 29.5 Å². The lowest BCUT2D eigenvalue weighted by molar-refractivity contribution is -0.123. The van der Waals surface area contributed by atoms with Crippen molar-refractivity contribution in [1.82, 2.24) is 10.6 Å². The van der Waals surface area contributed by atoms with Crippen molar-refractivity contribution in [3.05, 3.63) is 0 Å². The van der Waals surface area contributed by atoms with Gasteiger partial charge in [-0.1, -0.05) is 18.7 Å². The Morgan fingerprint density at radius 1 is 1.62 bits per heavy atom. The number of hydrogen-bond donors (Lipinski definition) is 2. The first kappa shape index (κ1) is 11.8. The monoisotopic (exact) mass is 241 g/mol. The van der Waals surface area contributed by atoms with Crippen LogP contribution in [0.4, 0.5) is 0 Å². The highest BCUT2D eigenvalue weighted by atomic mass is 32.2. The van der Waals surface area contributed by atoms with Crippen LogP contribution in [0.3, 0.4) is 0 Å². The van der Waals surface area contributed by atoms with Gasteiger partial charge in [-0.05, 0) is 26.2 Å². The first-order valence-corrected chi connectivity index (χ1v) is 6.88. The van der Waals surface area contributed by atoms with Crippen molar-refractivity contribution < 1.29 is 4.79 Å². The Labute approximate surface area is 101 Å². The van der Waals surface area contributed by atoms with E-state index >= 15 is 0 Å². The van der Waals surface area contributed by atoms with Crippen LogP contribution in [0.15, 0.2) is 4.99 Å². The first-order valence-electron chi connectivity index (χ1n) is 5.89. The molecule has 1 amide bonds. The molecule has 0 aromatic rings. The second-order valence-electron chi connectivity index (χ2n) is 4.71. The molecule has 0 aromatic heterocycles. The summed E-state index contributed by atoms with van der Waals surface area (Å²) >= 11 is 1.73. The minimum atomic E-state index is -0.178. The number of aliphatic imine (C=N–C) groups is 1. The smallest absolute Gasteiger partial charge is 0.244 e. The lowest BCUT2D eigenvalue weighted by atomic mass is 10.0. The van der Waals surface area contributed by atoms with E-state index in [0.29, 0.717) is 0 Å². The van der Waals surface area contributed by atoms with Gasteiger partial charge < -0.3 is 10.6 Å². The molecule has 2 fully saturated rings. The number of thioether (sulfide) groups is 1. The van der Waals surface area contributed by atoms with Crippen molar-refractivity contribution in [2.45, 2.75) is 44.7 Å². The van der Waals surface area contributed by atoms with Crippen LogP contribution in [0, 0.1) is 0 Å². The maximum atomic E-state index is 11.6. The second kappa shape index (κ2) is 4.65. The van der Waals surface area contributed by atoms with E-state index in [4.69, 9.17) is 0 Å². The van der Waals surface area contributed by atoms with Crippen LogP contribution in [-0.4, -0.2) is 35.0 Å². The Kier molecular flexibility index (Phi) is 3.42. The van der Waals surface area contributed by atoms with Crippen LogP contribution in [-0.2, 0) is 4.79 Å². The molecule has 2 atom stereocenters. The summed E-state index contributed by atoms with van der Waals surface area (Å²) in [6.07, 6.45) is 2.99. The lowest BCUT2D eigenvalue weighted by Crippen LogP contribution is -2.42. The fourth-order valence-electron chi connectivity index (χ4n) is 1.84. The van der Waals surface area contributed by atoms with Gasteiger partial charge in [0.25, 0.3) is 0 Å². The number of piperidine rings is 1. The van der Waals surface area contributed by atoms with E-state index in [1.807, 2.05) is 0 Å². The number of nitrogens with zero attached hydrogens (tertiary/aromatic N) is 1. The molecule has 0 saturated carbocycles. The summed E-state index contributed by atoms with van der Waals surface area (Å²) in [6, 6.07) is -0.178. The van der Waals surface area contributed by atoms with Crippen LogP contribution >= 0.6 is 11.8 Å². The normalized spacial score (nSPS) is 37.2. The molecule has 2 unspecified atom stereocenters. The summed E-state index contributed by atoms with van der Waals surface area (Å²) in [5, 5.41) is 7.21. The maximum absolute atomic E-state index is 11.6. The van der Waals surface area contributed by atoms with Crippen LogP contribution in [0.5, 0.6) is 0 Å². The second-order valence-corrected chi connectivity index (χ2v) is 5.68. The highest BCUT2D eigenvalue weighted by molar-refractivity contribution is 8.14. The number of nitrogens with one attached hydrogen (secondary N) is 2. The molecule has 2 N–H and O–H groups in total. The fraction of sp³-hybridized carbons (Fsp3) is 0.818. The molecule has 0 radical (unpaired) electrons. The number of rotatable bonds is 2. The SMILES string of the molecule is CCC1(C)CSC(=NC2CCCNC2=O)N1. The predicted molar refractivity (Wildman–Crippen MR) is 67.8 cm³/mol. The molecular weight excluding hydrogens is 222 g/mol. The minimum Gasteiger partial charge on any atom is -0.359 e. The molecule has 16 heavy (non-hydrogen) atoms. The van der Waals surface area contributed by atoms with Crippen molar-refractivity contribution in [1.29, 1.82) is 0 Å². The highest BCUT2D eigenvalue weighted by Crippen LogP contribution is 2.26. The van der Waals surface area contributed by atoms with E-state index in [9.17, 15) is 4.79 Å². The summed E-state index contributed by atoms with van der Waals surface area (Å²) in [6.45, 7) is 5.17. The van der Waals surface area contributed by atoms with Crippen molar-refractivity contribution >= 4 is 22.8 Å². The van der Waals surface area contributed by atoms with E-state index in [1.165, 1.54) is 0 Å². The molecule has 2 aliphatic rings. The number of carbonyl (C=O) groups is 1. The zero-order valence-electron chi connectivity index (χ0n) is 9.88. The van der Waals surface area contributed by atoms with Crippen molar-refractivity contribution in [3.8, 4) is 0 Å². The number of hydrogen-bond acceptors (Lipinski definition) is 3. The molecule has 90 valence electrons. The van der Waals surface area contributed by atoms with Gasteiger partial charge in [-0.2, -0.15) is 0 Å². The lowest BCUT2D eigenvalue weighted by Gasteiger charge is -2.22. The van der Waals surface area contributed by atoms with Crippen molar-refractivity contribution in [2.24, 2.45) is 4.99 Å². The Morgan fingerprint density at radius 2 is 2.44 bits per heavy atom. The molecule has 2 saturated heterocycles. The van der Waals surface area contributed by atoms with E-state index in [-0.39, 0.29) is 17.5 Å². The van der Waals surface area contributed by atoms with Gasteiger partial charge in [-0.3, -0.25) is 4.79 Å². The average molecular weight is 241 g/mol. The molecule has 4 nitrogen and oxygen atoms in total. The summed E-state index contributed by atoms with van der Waals surface area (Å²) < 4.78 is 0. The van der Waals surface area contributed by atoms with Gasteiger partial charge in [0.05, 0.1) is 0 Å². The summed E-state index contributed by atoms with van der Waals surface area (Å²) in [7, 11) is 0. The zero-order chi connectivity index (χ0) is 11.6. The summed E-state index contributed by atoms with van der Waals surface area (Å²) in [5.74, 6) is 1.11. The first-order chi connectivity index (χ1) is 7.63. The highest BCUT2D eigenvalue weighted by Gasteiger charge is 2.32. The van der Waals surface area contributed by atoms with Gasteiger partial charge in [-0.15, -0.1) is 0 Å². The molecule has 2 heterocycles. The zero-order valence-corrected chi connectivity index (χ0v) is 10.7. The van der Waals surface area contributed by atoms with Gasteiger partial charge in [-0.25, -0.2) is 4.99 Å². The van der Waals surface area contributed by atoms with Crippen LogP contribution in [0.25, 0.3) is 0 Å². The Morgan fingerprint density at radius 3 is 3.06 bits per heavy atom. The standard InChI is InChI=1S/C11H19N3OS/c1-3-11(2)7-16-10(14-11)13-8-5-4-6-12-9(8)15/h8H,3-7H2,1-2H3,(H,12,15)(H,13,14). The van der Waals surface area contributed by atoms with Crippen LogP contribution in [0.2, 0.25) is 0 Å². The third-order valence-electron chi connectivity index (χ3n) is 3.25. The van der Waals surface area contributed by atoms with Crippen LogP contribution < -0.4 is 10.6 Å². The quantitative estimate of drug-likeness (QED) is 0.762. The molecule has 2 aliphatic heterocycles. The van der Waals surface area contributed by atoms with Crippen LogP contribution in [0.1, 0.15) is 33.1 Å². The fourth-order valence-corrected chi connectivity index (χ4v) is 3.09. The Bertz CT molecular complexity index is 318. The third-order valence-corrected chi connectivity index (χ3v) is 4.51. The van der Waals surface area contributed by atoms with Gasteiger partial charge in [0.15, 0.2) is 5.17 Å². The topological polar surface area (TPSA) is 53.5 Å². The average Bonchev–Trinajstić information content (AvgIpc) is 2.65. The third kappa shape index (κ3) is 2.51. The maximum Gasteiger partial charge on any atom is 0.244 e. The molecule has 5 heteroatoms. The van der Waals surface area contributed by atoms with Gasteiger partial charge >= 0.3 is 0 Å². The van der Waals surface area contributed by atoms with Gasteiger partial charge in [0.1, 0.15) is 6.04 Å². The summed E-state index contributed by atoms with van der Waals surface area (Å²) in [5.41, 5.74) is 0.147. The number of amidine groups is 1. The molecule has 0 aliphatic carbocycles. The number of amides is 1. The Balaban J connectivity index is 2.00. The number of carbonyl (C=O) groups excluding carboxylic acids is 1.